The quantitative estimate of drug-likeness (QED) is 0.581. The Morgan fingerprint density at radius 1 is 1.28 bits per heavy atom. The number of carbonyl (C=O) groups is 1. The van der Waals surface area contributed by atoms with E-state index in [0.717, 1.165) is 49.9 Å². The summed E-state index contributed by atoms with van der Waals surface area (Å²) in [5.41, 5.74) is -0.618. The van der Waals surface area contributed by atoms with Gasteiger partial charge in [0.15, 0.2) is 0 Å². The van der Waals surface area contributed by atoms with Crippen molar-refractivity contribution in [1.29, 1.82) is 0 Å². The number of halogens is 3. The maximum atomic E-state index is 13.7. The summed E-state index contributed by atoms with van der Waals surface area (Å²) in [5.74, 6) is 0.0899. The molecular formula is C22H28F3N3O3S. The lowest BCUT2D eigenvalue weighted by molar-refractivity contribution is -0.136. The Hall–Kier alpha value is -1.91. The second-order valence-corrected chi connectivity index (χ2v) is 9.68. The number of hydrogen-bond donors (Lipinski definition) is 0. The fourth-order valence-corrected chi connectivity index (χ4v) is 5.49. The molecule has 0 spiro atoms. The zero-order chi connectivity index (χ0) is 23.0. The first-order valence-corrected chi connectivity index (χ1v) is 11.7. The molecule has 0 atom stereocenters. The Morgan fingerprint density at radius 2 is 1.97 bits per heavy atom. The van der Waals surface area contributed by atoms with Crippen molar-refractivity contribution in [3.05, 3.63) is 22.6 Å². The maximum Gasteiger partial charge on any atom is 0.417 e. The average molecular weight is 472 g/mol. The second-order valence-electron chi connectivity index (χ2n) is 8.80. The molecule has 2 fully saturated rings. The topological polar surface area (TPSA) is 54.9 Å². The number of likely N-dealkylation sites (tertiary alicyclic amines) is 1. The molecular weight excluding hydrogens is 443 g/mol. The Bertz CT molecular complexity index is 964. The third kappa shape index (κ3) is 4.87. The van der Waals surface area contributed by atoms with Crippen molar-refractivity contribution < 1.29 is 27.4 Å². The van der Waals surface area contributed by atoms with Gasteiger partial charge in [-0.1, -0.05) is 0 Å². The van der Waals surface area contributed by atoms with Crippen molar-refractivity contribution in [2.24, 2.45) is 5.92 Å². The largest absolute Gasteiger partial charge is 0.465 e. The normalized spacial score (nSPS) is 19.0. The molecule has 4 heterocycles. The van der Waals surface area contributed by atoms with Crippen LogP contribution in [-0.2, 0) is 15.7 Å². The number of aromatic nitrogens is 1. The maximum absolute atomic E-state index is 13.7. The molecule has 4 rings (SSSR count). The van der Waals surface area contributed by atoms with Gasteiger partial charge in [0.2, 0.25) is 0 Å². The highest BCUT2D eigenvalue weighted by Crippen LogP contribution is 2.41. The third-order valence-electron chi connectivity index (χ3n) is 6.06. The van der Waals surface area contributed by atoms with Crippen molar-refractivity contribution in [2.45, 2.75) is 45.1 Å². The summed E-state index contributed by atoms with van der Waals surface area (Å²) < 4.78 is 51.7. The van der Waals surface area contributed by atoms with Gasteiger partial charge >= 0.3 is 12.1 Å². The predicted octanol–water partition coefficient (Wildman–Crippen LogP) is 4.43. The van der Waals surface area contributed by atoms with Gasteiger partial charge in [-0.05, 0) is 38.7 Å². The van der Waals surface area contributed by atoms with Gasteiger partial charge in [0, 0.05) is 38.1 Å². The van der Waals surface area contributed by atoms with Crippen molar-refractivity contribution >= 4 is 33.3 Å². The van der Waals surface area contributed by atoms with Crippen LogP contribution in [0.4, 0.5) is 19.0 Å². The van der Waals surface area contributed by atoms with Crippen LogP contribution in [0.15, 0.2) is 11.4 Å². The number of hydrogen-bond acceptors (Lipinski definition) is 7. The zero-order valence-electron chi connectivity index (χ0n) is 18.4. The molecule has 0 radical (unpaired) electrons. The number of piperidine rings is 1. The summed E-state index contributed by atoms with van der Waals surface area (Å²) >= 11 is 0.869. The van der Waals surface area contributed by atoms with Crippen LogP contribution >= 0.6 is 11.3 Å². The van der Waals surface area contributed by atoms with Crippen molar-refractivity contribution in [2.75, 3.05) is 44.7 Å². The number of rotatable bonds is 6. The van der Waals surface area contributed by atoms with Crippen molar-refractivity contribution in [3.8, 4) is 0 Å². The number of fused-ring (bicyclic) bond motifs is 1. The van der Waals surface area contributed by atoms with E-state index in [2.05, 4.69) is 9.88 Å². The summed E-state index contributed by atoms with van der Waals surface area (Å²) in [7, 11) is 1.21. The van der Waals surface area contributed by atoms with E-state index in [1.807, 2.05) is 18.7 Å². The molecule has 2 aliphatic heterocycles. The van der Waals surface area contributed by atoms with E-state index in [1.54, 1.807) is 0 Å². The fourth-order valence-electron chi connectivity index (χ4n) is 4.47. The summed E-state index contributed by atoms with van der Waals surface area (Å²) in [5, 5.41) is 1.39. The highest BCUT2D eigenvalue weighted by molar-refractivity contribution is 7.17. The van der Waals surface area contributed by atoms with E-state index in [1.165, 1.54) is 12.5 Å². The zero-order valence-corrected chi connectivity index (χ0v) is 19.3. The molecule has 2 aliphatic rings. The number of alkyl halides is 3. The van der Waals surface area contributed by atoms with Gasteiger partial charge in [-0.2, -0.15) is 13.2 Å². The molecule has 6 nitrogen and oxygen atoms in total. The van der Waals surface area contributed by atoms with E-state index in [-0.39, 0.29) is 27.7 Å². The van der Waals surface area contributed by atoms with E-state index >= 15 is 0 Å². The highest BCUT2D eigenvalue weighted by atomic mass is 32.1. The molecule has 0 aromatic carbocycles. The first-order chi connectivity index (χ1) is 15.2. The van der Waals surface area contributed by atoms with Gasteiger partial charge in [-0.25, -0.2) is 9.78 Å². The van der Waals surface area contributed by atoms with Crippen LogP contribution in [-0.4, -0.2) is 67.9 Å². The molecule has 32 heavy (non-hydrogen) atoms. The molecule has 0 N–H and O–H groups in total. The Balaban J connectivity index is 1.45. The number of pyridine rings is 1. The van der Waals surface area contributed by atoms with Gasteiger partial charge < -0.3 is 14.4 Å². The first kappa shape index (κ1) is 23.3. The molecule has 0 amide bonds. The molecule has 0 aliphatic carbocycles. The molecule has 0 bridgehead atoms. The van der Waals surface area contributed by atoms with Crippen LogP contribution < -0.4 is 4.90 Å². The molecule has 2 aromatic heterocycles. The minimum atomic E-state index is -4.53. The predicted molar refractivity (Wildman–Crippen MR) is 117 cm³/mol. The Morgan fingerprint density at radius 3 is 2.56 bits per heavy atom. The van der Waals surface area contributed by atoms with Crippen molar-refractivity contribution in [3.63, 3.8) is 0 Å². The summed E-state index contributed by atoms with van der Waals surface area (Å²) in [6.45, 7) is 8.23. The molecule has 2 saturated heterocycles. The Kier molecular flexibility index (Phi) is 6.65. The monoisotopic (exact) mass is 471 g/mol. The number of esters is 1. The van der Waals surface area contributed by atoms with Gasteiger partial charge in [0.25, 0.3) is 0 Å². The Labute approximate surface area is 189 Å². The van der Waals surface area contributed by atoms with Crippen LogP contribution in [0.1, 0.15) is 42.6 Å². The smallest absolute Gasteiger partial charge is 0.417 e. The lowest BCUT2D eigenvalue weighted by Crippen LogP contribution is -2.54. The van der Waals surface area contributed by atoms with E-state index in [0.29, 0.717) is 25.1 Å². The molecule has 0 unspecified atom stereocenters. The molecule has 10 heteroatoms. The number of thiophene rings is 1. The van der Waals surface area contributed by atoms with Gasteiger partial charge in [-0.15, -0.1) is 11.3 Å². The van der Waals surface area contributed by atoms with E-state index in [9.17, 15) is 18.0 Å². The van der Waals surface area contributed by atoms with Gasteiger partial charge in [-0.3, -0.25) is 4.90 Å². The summed E-state index contributed by atoms with van der Waals surface area (Å²) in [4.78, 5) is 20.8. The second kappa shape index (κ2) is 9.15. The van der Waals surface area contributed by atoms with Crippen LogP contribution in [0.2, 0.25) is 0 Å². The van der Waals surface area contributed by atoms with Gasteiger partial charge in [0.05, 0.1) is 40.7 Å². The third-order valence-corrected chi connectivity index (χ3v) is 7.07. The number of nitrogens with zero attached hydrogens (tertiary/aromatic N) is 3. The van der Waals surface area contributed by atoms with Crippen LogP contribution in [0.3, 0.4) is 0 Å². The van der Waals surface area contributed by atoms with Gasteiger partial charge in [0.1, 0.15) is 5.82 Å². The van der Waals surface area contributed by atoms with E-state index in [4.69, 9.17) is 9.47 Å². The lowest BCUT2D eigenvalue weighted by atomic mass is 9.94. The van der Waals surface area contributed by atoms with Crippen LogP contribution in [0, 0.1) is 5.92 Å². The van der Waals surface area contributed by atoms with Crippen LogP contribution in [0.25, 0.3) is 10.2 Å². The number of methoxy groups -OCH3 is 1. The standard InChI is InChI=1S/C22H28F3N3O3S/c1-13(2)31-15-10-27(11-15)9-14-4-6-28(7-5-14)18-8-17(22(23,24)25)20-19(26-18)16(12-32-20)21(29)30-3/h8,12-15H,4-7,9-11H2,1-3H3. The highest BCUT2D eigenvalue weighted by Gasteiger charge is 2.36. The number of carbonyl (C=O) groups excluding carboxylic acids is 1. The fraction of sp³-hybridized carbons (Fsp3) is 0.636. The van der Waals surface area contributed by atoms with E-state index < -0.39 is 17.7 Å². The minimum absolute atomic E-state index is 0.0347. The molecule has 176 valence electrons. The average Bonchev–Trinajstić information content (AvgIpc) is 3.14. The van der Waals surface area contributed by atoms with Crippen molar-refractivity contribution in [1.82, 2.24) is 9.88 Å². The number of anilines is 1. The number of ether oxygens (including phenoxy) is 2. The first-order valence-electron chi connectivity index (χ1n) is 10.9. The summed E-state index contributed by atoms with van der Waals surface area (Å²) in [6, 6.07) is 1.11. The summed E-state index contributed by atoms with van der Waals surface area (Å²) in [6.07, 6.45) is -2.21. The lowest BCUT2D eigenvalue weighted by Gasteiger charge is -2.43. The molecule has 0 saturated carbocycles. The minimum Gasteiger partial charge on any atom is -0.465 e. The SMILES string of the molecule is COC(=O)c1csc2c(C(F)(F)F)cc(N3CCC(CN4CC(OC(C)C)C4)CC3)nc12. The molecule has 2 aromatic rings. The van der Waals surface area contributed by atoms with Crippen LogP contribution in [0.5, 0.6) is 0 Å².